The molecule has 2 atom stereocenters. The second-order valence-electron chi connectivity index (χ2n) is 7.27. The number of pyridine rings is 1. The zero-order valence-corrected chi connectivity index (χ0v) is 13.7. The number of nitrogens with one attached hydrogen (secondary N) is 2. The molecule has 0 amide bonds. The van der Waals surface area contributed by atoms with Crippen LogP contribution in [-0.2, 0) is 6.54 Å². The van der Waals surface area contributed by atoms with Gasteiger partial charge in [-0.3, -0.25) is 10.1 Å². The second kappa shape index (κ2) is 5.57. The molecule has 0 aliphatic heterocycles. The molecule has 2 aromatic rings. The first-order chi connectivity index (χ1) is 11.1. The van der Waals surface area contributed by atoms with Gasteiger partial charge in [0.15, 0.2) is 5.82 Å². The number of aromatic amines is 1. The summed E-state index contributed by atoms with van der Waals surface area (Å²) in [7, 11) is 0. The van der Waals surface area contributed by atoms with Crippen LogP contribution in [0.4, 0.5) is 0 Å². The summed E-state index contributed by atoms with van der Waals surface area (Å²) in [5.41, 5.74) is 3.05. The molecule has 0 aromatic carbocycles. The lowest BCUT2D eigenvalue weighted by molar-refractivity contribution is -0.00739. The first-order valence-electron chi connectivity index (χ1n) is 8.36. The summed E-state index contributed by atoms with van der Waals surface area (Å²) in [5, 5.41) is 10.8. The fourth-order valence-electron chi connectivity index (χ4n) is 4.01. The third-order valence-electron chi connectivity index (χ3n) is 5.67. The van der Waals surface area contributed by atoms with Crippen LogP contribution >= 0.6 is 0 Å². The minimum absolute atomic E-state index is 0.493. The van der Waals surface area contributed by atoms with Crippen LogP contribution in [0.15, 0.2) is 36.2 Å². The Kier molecular flexibility index (Phi) is 3.53. The lowest BCUT2D eigenvalue weighted by Crippen LogP contribution is -2.49. The van der Waals surface area contributed by atoms with Gasteiger partial charge in [-0.2, -0.15) is 5.10 Å². The predicted molar refractivity (Wildman–Crippen MR) is 89.4 cm³/mol. The number of nitrogens with zero attached hydrogens (tertiary/aromatic N) is 3. The molecule has 3 aliphatic rings. The highest BCUT2D eigenvalue weighted by atomic mass is 15.2. The Morgan fingerprint density at radius 3 is 2.83 bits per heavy atom. The summed E-state index contributed by atoms with van der Waals surface area (Å²) in [6.45, 7) is 6.49. The molecule has 2 bridgehead atoms. The molecule has 1 saturated carbocycles. The summed E-state index contributed by atoms with van der Waals surface area (Å²) in [4.78, 5) is 8.56. The molecule has 5 rings (SSSR count). The van der Waals surface area contributed by atoms with Crippen molar-refractivity contribution in [3.05, 3.63) is 42.0 Å². The van der Waals surface area contributed by atoms with E-state index < -0.39 is 0 Å². The van der Waals surface area contributed by atoms with Gasteiger partial charge in [-0.15, -0.1) is 0 Å². The molecular formula is C18H23N5. The van der Waals surface area contributed by atoms with Crippen LogP contribution in [0.3, 0.4) is 0 Å². The molecule has 0 spiro atoms. The third kappa shape index (κ3) is 2.59. The van der Waals surface area contributed by atoms with Gasteiger partial charge in [0.1, 0.15) is 5.82 Å². The highest BCUT2D eigenvalue weighted by Gasteiger charge is 2.50. The maximum atomic E-state index is 4.54. The molecule has 23 heavy (non-hydrogen) atoms. The van der Waals surface area contributed by atoms with E-state index in [1.807, 2.05) is 12.1 Å². The van der Waals surface area contributed by atoms with Crippen LogP contribution in [0.25, 0.3) is 11.4 Å². The molecule has 0 saturated heterocycles. The maximum Gasteiger partial charge on any atom is 0.181 e. The number of allylic oxidation sites excluding steroid dienone is 1. The van der Waals surface area contributed by atoms with Gasteiger partial charge in [0.05, 0.1) is 6.54 Å². The predicted octanol–water partition coefficient (Wildman–Crippen LogP) is 2.95. The average Bonchev–Trinajstić information content (AvgIpc) is 3.04. The fraction of sp³-hybridized carbons (Fsp3) is 0.500. The van der Waals surface area contributed by atoms with E-state index in [1.165, 1.54) is 12.8 Å². The van der Waals surface area contributed by atoms with Gasteiger partial charge in [0.2, 0.25) is 0 Å². The summed E-state index contributed by atoms with van der Waals surface area (Å²) < 4.78 is 0. The molecule has 5 heteroatoms. The Bertz CT molecular complexity index is 716. The van der Waals surface area contributed by atoms with Crippen molar-refractivity contribution < 1.29 is 0 Å². The minimum atomic E-state index is 0.493. The van der Waals surface area contributed by atoms with Crippen LogP contribution in [-0.4, -0.2) is 26.7 Å². The van der Waals surface area contributed by atoms with E-state index in [0.717, 1.165) is 35.6 Å². The van der Waals surface area contributed by atoms with Crippen LogP contribution < -0.4 is 5.32 Å². The number of hydrogen-bond donors (Lipinski definition) is 2. The molecular weight excluding hydrogens is 286 g/mol. The van der Waals surface area contributed by atoms with E-state index in [1.54, 1.807) is 18.0 Å². The van der Waals surface area contributed by atoms with E-state index in [9.17, 15) is 0 Å². The SMILES string of the molecule is CC1(C)[C@H]2CC=C(CNCc3nc(-c4ccncc4)n[nH]3)[C@@H]1C2. The van der Waals surface area contributed by atoms with Crippen molar-refractivity contribution in [2.24, 2.45) is 17.3 Å². The normalized spacial score (nSPS) is 24.9. The van der Waals surface area contributed by atoms with E-state index in [-0.39, 0.29) is 0 Å². The minimum Gasteiger partial charge on any atom is -0.306 e. The van der Waals surface area contributed by atoms with Gasteiger partial charge in [-0.1, -0.05) is 25.5 Å². The third-order valence-corrected chi connectivity index (χ3v) is 5.67. The quantitative estimate of drug-likeness (QED) is 0.833. The number of H-pyrrole nitrogens is 1. The van der Waals surface area contributed by atoms with E-state index >= 15 is 0 Å². The Labute approximate surface area is 136 Å². The monoisotopic (exact) mass is 309 g/mol. The average molecular weight is 309 g/mol. The van der Waals surface area contributed by atoms with Gasteiger partial charge < -0.3 is 5.32 Å². The summed E-state index contributed by atoms with van der Waals surface area (Å²) in [5.74, 6) is 3.26. The smallest absolute Gasteiger partial charge is 0.181 e. The van der Waals surface area contributed by atoms with Crippen molar-refractivity contribution in [3.8, 4) is 11.4 Å². The molecule has 3 aliphatic carbocycles. The van der Waals surface area contributed by atoms with Crippen molar-refractivity contribution in [2.75, 3.05) is 6.54 Å². The van der Waals surface area contributed by atoms with Gasteiger partial charge in [0, 0.05) is 24.5 Å². The lowest BCUT2D eigenvalue weighted by atomic mass is 9.49. The Balaban J connectivity index is 1.34. The van der Waals surface area contributed by atoms with Crippen molar-refractivity contribution in [2.45, 2.75) is 33.2 Å². The highest BCUT2D eigenvalue weighted by molar-refractivity contribution is 5.52. The molecule has 120 valence electrons. The standard InChI is InChI=1S/C18H23N5/c1-18(2)14-4-3-13(15(18)9-14)10-20-11-16-21-17(23-22-16)12-5-7-19-8-6-12/h3,5-8,14-15,20H,4,9-11H2,1-2H3,(H,21,22,23)/t14-,15-/m0/s1. The van der Waals surface area contributed by atoms with Crippen molar-refractivity contribution in [3.63, 3.8) is 0 Å². The highest BCUT2D eigenvalue weighted by Crippen LogP contribution is 2.58. The second-order valence-corrected chi connectivity index (χ2v) is 7.27. The van der Waals surface area contributed by atoms with Gasteiger partial charge in [-0.25, -0.2) is 4.98 Å². The lowest BCUT2D eigenvalue weighted by Gasteiger charge is -2.56. The van der Waals surface area contributed by atoms with E-state index in [0.29, 0.717) is 12.0 Å². The molecule has 2 N–H and O–H groups in total. The number of aromatic nitrogens is 4. The number of fused-ring (bicyclic) bond motifs is 1. The zero-order chi connectivity index (χ0) is 15.9. The van der Waals surface area contributed by atoms with Gasteiger partial charge in [0.25, 0.3) is 0 Å². The Morgan fingerprint density at radius 1 is 1.26 bits per heavy atom. The molecule has 5 nitrogen and oxygen atoms in total. The van der Waals surface area contributed by atoms with Crippen LogP contribution in [0.1, 0.15) is 32.5 Å². The molecule has 0 radical (unpaired) electrons. The Morgan fingerprint density at radius 2 is 2.09 bits per heavy atom. The van der Waals surface area contributed by atoms with Gasteiger partial charge >= 0.3 is 0 Å². The fourth-order valence-corrected chi connectivity index (χ4v) is 4.01. The molecule has 0 unspecified atom stereocenters. The first kappa shape index (κ1) is 14.6. The number of rotatable bonds is 5. The van der Waals surface area contributed by atoms with Crippen LogP contribution in [0, 0.1) is 17.3 Å². The molecule has 1 fully saturated rings. The molecule has 2 heterocycles. The van der Waals surface area contributed by atoms with Crippen LogP contribution in [0.2, 0.25) is 0 Å². The van der Waals surface area contributed by atoms with Crippen molar-refractivity contribution >= 4 is 0 Å². The van der Waals surface area contributed by atoms with Gasteiger partial charge in [-0.05, 0) is 42.2 Å². The van der Waals surface area contributed by atoms with E-state index in [4.69, 9.17) is 0 Å². The molecule has 2 aromatic heterocycles. The number of hydrogen-bond acceptors (Lipinski definition) is 4. The summed E-state index contributed by atoms with van der Waals surface area (Å²) >= 11 is 0. The van der Waals surface area contributed by atoms with Crippen molar-refractivity contribution in [1.29, 1.82) is 0 Å². The van der Waals surface area contributed by atoms with E-state index in [2.05, 4.69) is 45.4 Å². The summed E-state index contributed by atoms with van der Waals surface area (Å²) in [6, 6.07) is 3.84. The van der Waals surface area contributed by atoms with Crippen LogP contribution in [0.5, 0.6) is 0 Å². The first-order valence-corrected chi connectivity index (χ1v) is 8.36. The van der Waals surface area contributed by atoms with Crippen molar-refractivity contribution in [1.82, 2.24) is 25.5 Å². The zero-order valence-electron chi connectivity index (χ0n) is 13.7. The largest absolute Gasteiger partial charge is 0.306 e. The summed E-state index contributed by atoms with van der Waals surface area (Å²) in [6.07, 6.45) is 8.57. The maximum absolute atomic E-state index is 4.54. The Hall–Kier alpha value is -2.01. The topological polar surface area (TPSA) is 66.5 Å².